The van der Waals surface area contributed by atoms with Crippen molar-refractivity contribution in [3.8, 4) is 5.88 Å². The number of nitrogens with zero attached hydrogens (tertiary/aromatic N) is 4. The zero-order valence-corrected chi connectivity index (χ0v) is 16.8. The zero-order valence-electron chi connectivity index (χ0n) is 14.7. The number of rotatable bonds is 5. The molecule has 29 heavy (non-hydrogen) atoms. The summed E-state index contributed by atoms with van der Waals surface area (Å²) in [6.07, 6.45) is 0.0318. The van der Waals surface area contributed by atoms with Crippen molar-refractivity contribution in [2.45, 2.75) is 6.18 Å². The Kier molecular flexibility index (Phi) is 6.10. The fourth-order valence-corrected chi connectivity index (χ4v) is 2.42. The van der Waals surface area contributed by atoms with Crippen LogP contribution in [0.5, 0.6) is 5.88 Å². The van der Waals surface area contributed by atoms with Crippen molar-refractivity contribution < 1.29 is 22.7 Å². The van der Waals surface area contributed by atoms with Crippen LogP contribution >= 0.6 is 22.6 Å². The second kappa shape index (κ2) is 8.55. The van der Waals surface area contributed by atoms with Gasteiger partial charge in [0.15, 0.2) is 5.82 Å². The first-order chi connectivity index (χ1) is 13.8. The Morgan fingerprint density at radius 2 is 1.86 bits per heavy atom. The minimum Gasteiger partial charge on any atom is -0.481 e. The first-order valence-electron chi connectivity index (χ1n) is 7.89. The van der Waals surface area contributed by atoms with E-state index in [1.165, 1.54) is 25.7 Å². The number of aromatic nitrogens is 4. The minimum absolute atomic E-state index is 0.00297. The molecule has 0 aliphatic carbocycles. The summed E-state index contributed by atoms with van der Waals surface area (Å²) in [6, 6.07) is 3.94. The lowest BCUT2D eigenvalue weighted by Gasteiger charge is -2.15. The molecule has 0 unspecified atom stereocenters. The molecular weight excluding hydrogens is 504 g/mol. The average Bonchev–Trinajstić information content (AvgIpc) is 2.69. The third-order valence-electron chi connectivity index (χ3n) is 3.52. The second-order valence-electron chi connectivity index (χ2n) is 5.51. The second-order valence-corrected chi connectivity index (χ2v) is 6.62. The normalized spacial score (nSPS) is 11.1. The summed E-state index contributed by atoms with van der Waals surface area (Å²) >= 11 is 1.91. The van der Waals surface area contributed by atoms with Gasteiger partial charge < -0.3 is 15.4 Å². The summed E-state index contributed by atoms with van der Waals surface area (Å²) < 4.78 is 44.8. The Hall–Kier alpha value is -3.03. The van der Waals surface area contributed by atoms with Gasteiger partial charge in [0.2, 0.25) is 5.88 Å². The number of anilines is 3. The first kappa shape index (κ1) is 20.7. The number of carbonyl (C=O) groups is 1. The Morgan fingerprint density at radius 1 is 1.07 bits per heavy atom. The van der Waals surface area contributed by atoms with E-state index in [0.717, 1.165) is 6.07 Å². The molecule has 8 nitrogen and oxygen atoms in total. The minimum atomic E-state index is -4.63. The van der Waals surface area contributed by atoms with Crippen molar-refractivity contribution in [3.63, 3.8) is 0 Å². The highest BCUT2D eigenvalue weighted by atomic mass is 127. The Bertz CT molecular complexity index is 1010. The van der Waals surface area contributed by atoms with Crippen LogP contribution in [0.4, 0.5) is 30.4 Å². The number of nitrogens with one attached hydrogen (secondary N) is 2. The maximum atomic E-state index is 13.1. The molecule has 0 aliphatic rings. The molecule has 3 rings (SSSR count). The maximum Gasteiger partial charge on any atom is 0.417 e. The van der Waals surface area contributed by atoms with Gasteiger partial charge in [-0.1, -0.05) is 0 Å². The van der Waals surface area contributed by atoms with E-state index in [1.807, 2.05) is 22.6 Å². The van der Waals surface area contributed by atoms with Crippen LogP contribution in [0.1, 0.15) is 16.1 Å². The van der Waals surface area contributed by atoms with Crippen molar-refractivity contribution >= 4 is 45.7 Å². The topological polar surface area (TPSA) is 102 Å². The number of amides is 1. The van der Waals surface area contributed by atoms with Gasteiger partial charge in [-0.25, -0.2) is 19.9 Å². The molecule has 0 bridgehead atoms. The molecule has 3 aromatic rings. The molecule has 12 heteroatoms. The molecular formula is C17H12F3IN6O2. The highest BCUT2D eigenvalue weighted by Gasteiger charge is 2.32. The number of methoxy groups -OCH3 is 1. The van der Waals surface area contributed by atoms with Gasteiger partial charge in [-0.05, 0) is 34.7 Å². The van der Waals surface area contributed by atoms with Crippen LogP contribution in [-0.2, 0) is 6.18 Å². The van der Waals surface area contributed by atoms with Gasteiger partial charge in [-0.15, -0.1) is 0 Å². The number of hydrogen-bond acceptors (Lipinski definition) is 7. The van der Waals surface area contributed by atoms with E-state index in [0.29, 0.717) is 21.5 Å². The van der Waals surface area contributed by atoms with Crippen LogP contribution in [-0.4, -0.2) is 33.0 Å². The van der Waals surface area contributed by atoms with Crippen LogP contribution < -0.4 is 15.4 Å². The van der Waals surface area contributed by atoms with Crippen molar-refractivity contribution in [2.24, 2.45) is 0 Å². The van der Waals surface area contributed by atoms with Crippen LogP contribution in [0.15, 0.2) is 43.0 Å². The molecule has 0 spiro atoms. The lowest BCUT2D eigenvalue weighted by atomic mass is 10.2. The summed E-state index contributed by atoms with van der Waals surface area (Å²) in [5.74, 6) is -0.371. The summed E-state index contributed by atoms with van der Waals surface area (Å²) in [5.41, 5.74) is -0.816. The molecule has 3 aromatic heterocycles. The van der Waals surface area contributed by atoms with E-state index in [2.05, 4.69) is 30.6 Å². The molecule has 0 saturated heterocycles. The van der Waals surface area contributed by atoms with E-state index in [-0.39, 0.29) is 17.2 Å². The number of carbonyl (C=O) groups excluding carboxylic acids is 1. The number of ether oxygens (including phenoxy) is 1. The SMILES string of the molecule is COc1ccc(Nc2ncc(C(F)(F)F)cc2NC(=O)c2cnc(I)cn2)cn1. The standard InChI is InChI=1S/C17H12F3IN6O2/c1-29-14-3-2-10(6-24-14)26-15-11(4-9(5-25-15)17(18,19)20)27-16(28)12-7-23-13(21)8-22-12/h2-8H,1H3,(H,25,26)(H,27,28). The first-order valence-corrected chi connectivity index (χ1v) is 8.97. The number of hydrogen-bond donors (Lipinski definition) is 2. The van der Waals surface area contributed by atoms with E-state index < -0.39 is 17.6 Å². The zero-order chi connectivity index (χ0) is 21.0. The lowest BCUT2D eigenvalue weighted by molar-refractivity contribution is -0.137. The van der Waals surface area contributed by atoms with E-state index >= 15 is 0 Å². The summed E-state index contributed by atoms with van der Waals surface area (Å²) in [5, 5.41) is 5.21. The predicted octanol–water partition coefficient (Wildman–Crippen LogP) is 3.89. The highest BCUT2D eigenvalue weighted by Crippen LogP contribution is 2.33. The molecule has 3 heterocycles. The maximum absolute atomic E-state index is 13.1. The van der Waals surface area contributed by atoms with Gasteiger partial charge >= 0.3 is 6.18 Å². The van der Waals surface area contributed by atoms with Gasteiger partial charge in [0, 0.05) is 12.3 Å². The van der Waals surface area contributed by atoms with Gasteiger partial charge in [0.05, 0.1) is 42.6 Å². The third kappa shape index (κ3) is 5.28. The van der Waals surface area contributed by atoms with E-state index in [9.17, 15) is 18.0 Å². The van der Waals surface area contributed by atoms with Crippen molar-refractivity contribution in [3.05, 3.63) is 57.9 Å². The molecule has 0 fully saturated rings. The smallest absolute Gasteiger partial charge is 0.417 e. The van der Waals surface area contributed by atoms with Crippen molar-refractivity contribution in [1.82, 2.24) is 19.9 Å². The van der Waals surface area contributed by atoms with Crippen LogP contribution in [0.2, 0.25) is 0 Å². The Balaban J connectivity index is 1.92. The predicted molar refractivity (Wildman–Crippen MR) is 106 cm³/mol. The van der Waals surface area contributed by atoms with Crippen LogP contribution in [0.25, 0.3) is 0 Å². The molecule has 1 amide bonds. The summed E-state index contributed by atoms with van der Waals surface area (Å²) in [6.45, 7) is 0. The number of pyridine rings is 2. The molecule has 0 aliphatic heterocycles. The van der Waals surface area contributed by atoms with Gasteiger partial charge in [0.25, 0.3) is 5.91 Å². The molecule has 0 saturated carbocycles. The van der Waals surface area contributed by atoms with Crippen LogP contribution in [0.3, 0.4) is 0 Å². The largest absolute Gasteiger partial charge is 0.481 e. The van der Waals surface area contributed by atoms with Crippen molar-refractivity contribution in [2.75, 3.05) is 17.7 Å². The lowest BCUT2D eigenvalue weighted by Crippen LogP contribution is -2.17. The monoisotopic (exact) mass is 516 g/mol. The quantitative estimate of drug-likeness (QED) is 0.497. The van der Waals surface area contributed by atoms with Crippen molar-refractivity contribution in [1.29, 1.82) is 0 Å². The molecule has 0 radical (unpaired) electrons. The molecule has 0 aromatic carbocycles. The van der Waals surface area contributed by atoms with Gasteiger partial charge in [-0.2, -0.15) is 13.2 Å². The Labute approximate surface area is 176 Å². The summed E-state index contributed by atoms with van der Waals surface area (Å²) in [4.78, 5) is 28.0. The fourth-order valence-electron chi connectivity index (χ4n) is 2.14. The third-order valence-corrected chi connectivity index (χ3v) is 4.08. The number of halogens is 4. The molecule has 0 atom stereocenters. The van der Waals surface area contributed by atoms with Gasteiger partial charge in [0.1, 0.15) is 9.39 Å². The van der Waals surface area contributed by atoms with E-state index in [4.69, 9.17) is 4.74 Å². The molecule has 150 valence electrons. The van der Waals surface area contributed by atoms with Crippen LogP contribution in [0, 0.1) is 3.70 Å². The number of alkyl halides is 3. The fraction of sp³-hybridized carbons (Fsp3) is 0.118. The summed E-state index contributed by atoms with van der Waals surface area (Å²) in [7, 11) is 1.45. The highest BCUT2D eigenvalue weighted by molar-refractivity contribution is 14.1. The van der Waals surface area contributed by atoms with E-state index in [1.54, 1.807) is 12.1 Å². The molecule has 2 N–H and O–H groups in total. The van der Waals surface area contributed by atoms with Gasteiger partial charge in [-0.3, -0.25) is 4.79 Å². The average molecular weight is 516 g/mol. The Morgan fingerprint density at radius 3 is 2.45 bits per heavy atom.